The highest BCUT2D eigenvalue weighted by molar-refractivity contribution is 9.10. The van der Waals surface area contributed by atoms with E-state index in [-0.39, 0.29) is 10.8 Å². The number of aromatic hydroxyl groups is 1. The summed E-state index contributed by atoms with van der Waals surface area (Å²) in [6, 6.07) is 8.80. The van der Waals surface area contributed by atoms with E-state index in [9.17, 15) is 5.11 Å². The first kappa shape index (κ1) is 15.3. The predicted octanol–water partition coefficient (Wildman–Crippen LogP) is 5.08. The topological polar surface area (TPSA) is 41.5 Å². The van der Waals surface area contributed by atoms with Gasteiger partial charge in [-0.15, -0.1) is 0 Å². The minimum Gasteiger partial charge on any atom is -0.506 e. The first-order chi connectivity index (χ1) is 9.49. The van der Waals surface area contributed by atoms with Crippen molar-refractivity contribution in [2.24, 2.45) is 0 Å². The zero-order valence-corrected chi connectivity index (χ0v) is 13.7. The average Bonchev–Trinajstić information content (AvgIpc) is 2.40. The number of halogens is 3. The number of methoxy groups -OCH3 is 1. The number of anilines is 1. The minimum absolute atomic E-state index is 0.0329. The lowest BCUT2D eigenvalue weighted by molar-refractivity contribution is 0.414. The molecule has 0 saturated carbocycles. The van der Waals surface area contributed by atoms with E-state index in [0.717, 1.165) is 15.9 Å². The number of hydrogen-bond acceptors (Lipinski definition) is 3. The van der Waals surface area contributed by atoms with Crippen molar-refractivity contribution in [1.82, 2.24) is 0 Å². The molecule has 0 aliphatic heterocycles. The molecule has 0 aromatic heterocycles. The Morgan fingerprint density at radius 2 is 1.95 bits per heavy atom. The van der Waals surface area contributed by atoms with E-state index in [0.29, 0.717) is 17.1 Å². The fraction of sp³-hybridized carbons (Fsp3) is 0.143. The summed E-state index contributed by atoms with van der Waals surface area (Å²) in [5, 5.41) is 13.8. The molecule has 2 aromatic rings. The van der Waals surface area contributed by atoms with Gasteiger partial charge in [0.2, 0.25) is 0 Å². The van der Waals surface area contributed by atoms with Crippen molar-refractivity contribution in [3.63, 3.8) is 0 Å². The van der Waals surface area contributed by atoms with E-state index >= 15 is 0 Å². The Morgan fingerprint density at radius 3 is 2.65 bits per heavy atom. The Kier molecular flexibility index (Phi) is 5.02. The lowest BCUT2D eigenvalue weighted by Gasteiger charge is -2.11. The second-order valence-corrected chi connectivity index (χ2v) is 5.89. The molecule has 0 atom stereocenters. The fourth-order valence-corrected chi connectivity index (χ4v) is 2.74. The van der Waals surface area contributed by atoms with Crippen molar-refractivity contribution in [1.29, 1.82) is 0 Å². The molecule has 0 heterocycles. The summed E-state index contributed by atoms with van der Waals surface area (Å²) in [5.41, 5.74) is 1.48. The average molecular weight is 377 g/mol. The van der Waals surface area contributed by atoms with Crippen LogP contribution in [0.5, 0.6) is 11.5 Å². The third-order valence-electron chi connectivity index (χ3n) is 2.70. The standard InChI is InChI=1S/C14H12BrCl2NO2/c1-20-12-4-9(15)3-11(6-12)18-7-8-2-10(16)5-13(17)14(8)19/h2-6,18-19H,7H2,1H3. The van der Waals surface area contributed by atoms with Gasteiger partial charge in [-0.05, 0) is 24.3 Å². The molecule has 2 N–H and O–H groups in total. The molecule has 20 heavy (non-hydrogen) atoms. The number of nitrogens with one attached hydrogen (secondary N) is 1. The van der Waals surface area contributed by atoms with Gasteiger partial charge in [0.05, 0.1) is 12.1 Å². The fourth-order valence-electron chi connectivity index (χ4n) is 1.73. The van der Waals surface area contributed by atoms with Gasteiger partial charge in [-0.1, -0.05) is 39.1 Å². The number of phenols is 1. The second-order valence-electron chi connectivity index (χ2n) is 4.13. The number of phenolic OH excluding ortho intramolecular Hbond substituents is 1. The molecule has 106 valence electrons. The first-order valence-electron chi connectivity index (χ1n) is 5.75. The van der Waals surface area contributed by atoms with Gasteiger partial charge in [0, 0.05) is 33.4 Å². The molecule has 2 rings (SSSR count). The molecule has 0 bridgehead atoms. The summed E-state index contributed by atoms with van der Waals surface area (Å²) in [4.78, 5) is 0. The molecule has 0 amide bonds. The monoisotopic (exact) mass is 375 g/mol. The lowest BCUT2D eigenvalue weighted by atomic mass is 10.2. The Labute approximate surface area is 135 Å². The number of benzene rings is 2. The third-order valence-corrected chi connectivity index (χ3v) is 3.66. The summed E-state index contributed by atoms with van der Waals surface area (Å²) in [5.74, 6) is 0.765. The van der Waals surface area contributed by atoms with Gasteiger partial charge in [0.1, 0.15) is 11.5 Å². The van der Waals surface area contributed by atoms with Crippen molar-refractivity contribution in [3.05, 3.63) is 50.4 Å². The van der Waals surface area contributed by atoms with Gasteiger partial charge < -0.3 is 15.2 Å². The molecular formula is C14H12BrCl2NO2. The summed E-state index contributed by atoms with van der Waals surface area (Å²) in [7, 11) is 1.61. The summed E-state index contributed by atoms with van der Waals surface area (Å²) in [6.07, 6.45) is 0. The number of hydrogen-bond donors (Lipinski definition) is 2. The molecule has 6 heteroatoms. The van der Waals surface area contributed by atoms with E-state index in [2.05, 4.69) is 21.2 Å². The van der Waals surface area contributed by atoms with E-state index in [1.54, 1.807) is 13.2 Å². The van der Waals surface area contributed by atoms with Crippen LogP contribution >= 0.6 is 39.1 Å². The molecule has 0 aliphatic carbocycles. The molecule has 2 aromatic carbocycles. The van der Waals surface area contributed by atoms with Crippen LogP contribution in [-0.4, -0.2) is 12.2 Å². The Balaban J connectivity index is 2.19. The normalized spacial score (nSPS) is 10.4. The lowest BCUT2D eigenvalue weighted by Crippen LogP contribution is -2.00. The summed E-state index contributed by atoms with van der Waals surface area (Å²) >= 11 is 15.2. The smallest absolute Gasteiger partial charge is 0.139 e. The highest BCUT2D eigenvalue weighted by Crippen LogP contribution is 2.32. The van der Waals surface area contributed by atoms with Crippen molar-refractivity contribution in [3.8, 4) is 11.5 Å². The van der Waals surface area contributed by atoms with Crippen LogP contribution in [-0.2, 0) is 6.54 Å². The molecule has 0 saturated heterocycles. The minimum atomic E-state index is 0.0329. The van der Waals surface area contributed by atoms with Crippen molar-refractivity contribution in [2.75, 3.05) is 12.4 Å². The first-order valence-corrected chi connectivity index (χ1v) is 7.30. The molecule has 0 aliphatic rings. The van der Waals surface area contributed by atoms with Crippen LogP contribution in [0.2, 0.25) is 10.0 Å². The van der Waals surface area contributed by atoms with Gasteiger partial charge in [-0.25, -0.2) is 0 Å². The molecule has 0 radical (unpaired) electrons. The van der Waals surface area contributed by atoms with E-state index in [1.165, 1.54) is 6.07 Å². The molecule has 3 nitrogen and oxygen atoms in total. The Hall–Kier alpha value is -1.10. The summed E-state index contributed by atoms with van der Waals surface area (Å²) in [6.45, 7) is 0.395. The summed E-state index contributed by atoms with van der Waals surface area (Å²) < 4.78 is 6.08. The maximum Gasteiger partial charge on any atom is 0.139 e. The second kappa shape index (κ2) is 6.57. The van der Waals surface area contributed by atoms with E-state index in [4.69, 9.17) is 27.9 Å². The SMILES string of the molecule is COc1cc(Br)cc(NCc2cc(Cl)cc(Cl)c2O)c1. The molecular weight excluding hydrogens is 365 g/mol. The van der Waals surface area contributed by atoms with Crippen LogP contribution < -0.4 is 10.1 Å². The van der Waals surface area contributed by atoms with Crippen LogP contribution in [0.3, 0.4) is 0 Å². The predicted molar refractivity (Wildman–Crippen MR) is 86.1 cm³/mol. The van der Waals surface area contributed by atoms with Gasteiger partial charge in [-0.2, -0.15) is 0 Å². The largest absolute Gasteiger partial charge is 0.506 e. The highest BCUT2D eigenvalue weighted by atomic mass is 79.9. The van der Waals surface area contributed by atoms with E-state index < -0.39 is 0 Å². The third kappa shape index (κ3) is 3.72. The maximum absolute atomic E-state index is 9.89. The van der Waals surface area contributed by atoms with E-state index in [1.807, 2.05) is 18.2 Å². The molecule has 0 unspecified atom stereocenters. The van der Waals surface area contributed by atoms with Crippen molar-refractivity contribution < 1.29 is 9.84 Å². The van der Waals surface area contributed by atoms with Crippen LogP contribution in [0.4, 0.5) is 5.69 Å². The van der Waals surface area contributed by atoms with Crippen LogP contribution in [0.1, 0.15) is 5.56 Å². The van der Waals surface area contributed by atoms with Crippen molar-refractivity contribution in [2.45, 2.75) is 6.54 Å². The zero-order valence-electron chi connectivity index (χ0n) is 10.6. The Bertz CT molecular complexity index is 635. The maximum atomic E-state index is 9.89. The van der Waals surface area contributed by atoms with Crippen LogP contribution in [0, 0.1) is 0 Å². The van der Waals surface area contributed by atoms with Gasteiger partial charge in [0.15, 0.2) is 0 Å². The Morgan fingerprint density at radius 1 is 1.20 bits per heavy atom. The zero-order chi connectivity index (χ0) is 14.7. The highest BCUT2D eigenvalue weighted by Gasteiger charge is 2.08. The quantitative estimate of drug-likeness (QED) is 0.781. The molecule has 0 fully saturated rings. The molecule has 0 spiro atoms. The number of rotatable bonds is 4. The van der Waals surface area contributed by atoms with Crippen LogP contribution in [0.15, 0.2) is 34.8 Å². The van der Waals surface area contributed by atoms with Crippen LogP contribution in [0.25, 0.3) is 0 Å². The number of ether oxygens (including phenoxy) is 1. The van der Waals surface area contributed by atoms with Gasteiger partial charge in [-0.3, -0.25) is 0 Å². The van der Waals surface area contributed by atoms with Gasteiger partial charge >= 0.3 is 0 Å². The van der Waals surface area contributed by atoms with Crippen molar-refractivity contribution >= 4 is 44.8 Å². The van der Waals surface area contributed by atoms with Gasteiger partial charge in [0.25, 0.3) is 0 Å².